The minimum absolute atomic E-state index is 0.253. The molecule has 17 heavy (non-hydrogen) atoms. The summed E-state index contributed by atoms with van der Waals surface area (Å²) in [6.07, 6.45) is 0.985. The van der Waals surface area contributed by atoms with E-state index in [0.717, 1.165) is 6.42 Å². The van der Waals surface area contributed by atoms with Gasteiger partial charge < -0.3 is 0 Å². The van der Waals surface area contributed by atoms with Gasteiger partial charge in [-0.2, -0.15) is 0 Å². The molecule has 0 aliphatic heterocycles. The largest absolute Gasteiger partial charge is 0.122 e. The monoisotopic (exact) mass is 250 g/mol. The van der Waals surface area contributed by atoms with E-state index in [1.165, 1.54) is 11.1 Å². The normalized spacial score (nSPS) is 23.4. The SMILES string of the molecule is Cc1ccc(CC(Cl)C2C(C)(C)C2(C)C)cc1. The van der Waals surface area contributed by atoms with Gasteiger partial charge in [0.2, 0.25) is 0 Å². The molecule has 1 aliphatic carbocycles. The van der Waals surface area contributed by atoms with Crippen LogP contribution < -0.4 is 0 Å². The Bertz CT molecular complexity index is 386. The van der Waals surface area contributed by atoms with Crippen LogP contribution in [0.15, 0.2) is 24.3 Å². The van der Waals surface area contributed by atoms with Gasteiger partial charge in [0.1, 0.15) is 0 Å². The van der Waals surface area contributed by atoms with Crippen molar-refractivity contribution in [3.63, 3.8) is 0 Å². The van der Waals surface area contributed by atoms with Crippen molar-refractivity contribution in [1.29, 1.82) is 0 Å². The quantitative estimate of drug-likeness (QED) is 0.675. The third kappa shape index (κ3) is 2.12. The van der Waals surface area contributed by atoms with E-state index in [1.807, 2.05) is 0 Å². The predicted molar refractivity (Wildman–Crippen MR) is 75.6 cm³/mol. The number of hydrogen-bond acceptors (Lipinski definition) is 0. The van der Waals surface area contributed by atoms with Gasteiger partial charge in [0.25, 0.3) is 0 Å². The van der Waals surface area contributed by atoms with E-state index in [1.54, 1.807) is 0 Å². The number of halogens is 1. The molecule has 0 radical (unpaired) electrons. The second kappa shape index (κ2) is 4.02. The molecule has 0 bridgehead atoms. The molecule has 1 fully saturated rings. The fourth-order valence-corrected chi connectivity index (χ4v) is 4.03. The topological polar surface area (TPSA) is 0 Å². The average Bonchev–Trinajstić information content (AvgIpc) is 2.61. The molecule has 1 saturated carbocycles. The van der Waals surface area contributed by atoms with E-state index in [2.05, 4.69) is 58.9 Å². The van der Waals surface area contributed by atoms with Gasteiger partial charge in [0.05, 0.1) is 0 Å². The van der Waals surface area contributed by atoms with Crippen molar-refractivity contribution in [2.75, 3.05) is 0 Å². The van der Waals surface area contributed by atoms with Crippen molar-refractivity contribution >= 4 is 11.6 Å². The number of hydrogen-bond donors (Lipinski definition) is 0. The number of aryl methyl sites for hydroxylation is 1. The van der Waals surface area contributed by atoms with Crippen molar-refractivity contribution in [3.8, 4) is 0 Å². The lowest BCUT2D eigenvalue weighted by molar-refractivity contribution is 0.457. The van der Waals surface area contributed by atoms with E-state index in [4.69, 9.17) is 11.6 Å². The molecule has 0 aromatic heterocycles. The molecule has 0 spiro atoms. The molecule has 2 rings (SSSR count). The van der Waals surface area contributed by atoms with Gasteiger partial charge in [0.15, 0.2) is 0 Å². The molecule has 1 aromatic rings. The zero-order chi connectivity index (χ0) is 12.8. The highest BCUT2D eigenvalue weighted by Crippen LogP contribution is 2.70. The van der Waals surface area contributed by atoms with Crippen molar-refractivity contribution in [1.82, 2.24) is 0 Å². The van der Waals surface area contributed by atoms with Gasteiger partial charge in [-0.1, -0.05) is 57.5 Å². The number of rotatable bonds is 3. The summed E-state index contributed by atoms with van der Waals surface area (Å²) in [6, 6.07) is 8.74. The first-order chi connectivity index (χ1) is 7.76. The van der Waals surface area contributed by atoms with Crippen LogP contribution in [0.1, 0.15) is 38.8 Å². The van der Waals surface area contributed by atoms with Crippen LogP contribution in [-0.2, 0) is 6.42 Å². The standard InChI is InChI=1S/C16H23Cl/c1-11-6-8-12(9-7-11)10-13(17)14-15(2,3)16(14,4)5/h6-9,13-14H,10H2,1-5H3. The summed E-state index contributed by atoms with van der Waals surface area (Å²) in [7, 11) is 0. The summed E-state index contributed by atoms with van der Waals surface area (Å²) in [6.45, 7) is 11.5. The average molecular weight is 251 g/mol. The lowest BCUT2D eigenvalue weighted by Gasteiger charge is -2.11. The molecule has 0 saturated heterocycles. The van der Waals surface area contributed by atoms with Crippen molar-refractivity contribution in [2.45, 2.75) is 46.4 Å². The molecule has 0 heterocycles. The van der Waals surface area contributed by atoms with Crippen LogP contribution in [0, 0.1) is 23.7 Å². The zero-order valence-corrected chi connectivity index (χ0v) is 12.3. The lowest BCUT2D eigenvalue weighted by Crippen LogP contribution is -2.11. The van der Waals surface area contributed by atoms with E-state index >= 15 is 0 Å². The first kappa shape index (κ1) is 13.0. The molecule has 1 aromatic carbocycles. The molecule has 1 heteroatoms. The highest BCUT2D eigenvalue weighted by Gasteiger charge is 2.66. The highest BCUT2D eigenvalue weighted by molar-refractivity contribution is 6.21. The molecule has 0 nitrogen and oxygen atoms in total. The first-order valence-electron chi connectivity index (χ1n) is 6.46. The van der Waals surface area contributed by atoms with E-state index in [-0.39, 0.29) is 5.38 Å². The maximum Gasteiger partial charge on any atom is 0.0415 e. The van der Waals surface area contributed by atoms with E-state index in [0.29, 0.717) is 16.7 Å². The van der Waals surface area contributed by atoms with Gasteiger partial charge in [-0.05, 0) is 35.7 Å². The van der Waals surface area contributed by atoms with Crippen LogP contribution in [0.25, 0.3) is 0 Å². The fourth-order valence-electron chi connectivity index (χ4n) is 3.22. The Kier molecular flexibility index (Phi) is 3.06. The third-order valence-electron chi connectivity index (χ3n) is 5.05. The summed E-state index contributed by atoms with van der Waals surface area (Å²) < 4.78 is 0. The second-order valence-corrected chi connectivity index (χ2v) is 7.19. The molecule has 0 amide bonds. The summed E-state index contributed by atoms with van der Waals surface area (Å²) >= 11 is 6.62. The van der Waals surface area contributed by atoms with Crippen LogP contribution >= 0.6 is 11.6 Å². The van der Waals surface area contributed by atoms with Crippen LogP contribution in [0.3, 0.4) is 0 Å². The Morgan fingerprint density at radius 1 is 1.06 bits per heavy atom. The van der Waals surface area contributed by atoms with Crippen molar-refractivity contribution in [2.24, 2.45) is 16.7 Å². The third-order valence-corrected chi connectivity index (χ3v) is 5.45. The van der Waals surface area contributed by atoms with Crippen LogP contribution in [0.2, 0.25) is 0 Å². The van der Waals surface area contributed by atoms with Crippen LogP contribution in [0.4, 0.5) is 0 Å². The molecular weight excluding hydrogens is 228 g/mol. The highest BCUT2D eigenvalue weighted by atomic mass is 35.5. The fraction of sp³-hybridized carbons (Fsp3) is 0.625. The van der Waals surface area contributed by atoms with E-state index in [9.17, 15) is 0 Å². The van der Waals surface area contributed by atoms with Crippen molar-refractivity contribution in [3.05, 3.63) is 35.4 Å². The Morgan fingerprint density at radius 2 is 1.53 bits per heavy atom. The first-order valence-corrected chi connectivity index (χ1v) is 6.90. The molecule has 1 aliphatic rings. The van der Waals surface area contributed by atoms with Gasteiger partial charge in [0, 0.05) is 5.38 Å². The maximum absolute atomic E-state index is 6.62. The predicted octanol–water partition coefficient (Wildman–Crippen LogP) is 4.83. The van der Waals surface area contributed by atoms with Crippen LogP contribution in [0.5, 0.6) is 0 Å². The molecular formula is C16H23Cl. The van der Waals surface area contributed by atoms with Gasteiger partial charge >= 0.3 is 0 Å². The summed E-state index contributed by atoms with van der Waals surface area (Å²) in [5.74, 6) is 0.623. The maximum atomic E-state index is 6.62. The smallest absolute Gasteiger partial charge is 0.0415 e. The molecule has 94 valence electrons. The van der Waals surface area contributed by atoms with Crippen LogP contribution in [-0.4, -0.2) is 5.38 Å². The molecule has 1 unspecified atom stereocenters. The van der Waals surface area contributed by atoms with Gasteiger partial charge in [-0.3, -0.25) is 0 Å². The molecule has 1 atom stereocenters. The van der Waals surface area contributed by atoms with Crippen molar-refractivity contribution < 1.29 is 0 Å². The number of benzene rings is 1. The Labute approximate surface area is 110 Å². The summed E-state index contributed by atoms with van der Waals surface area (Å²) in [5, 5.41) is 0.253. The lowest BCUT2D eigenvalue weighted by atomic mass is 10.0. The van der Waals surface area contributed by atoms with E-state index < -0.39 is 0 Å². The Hall–Kier alpha value is -0.490. The molecule has 0 N–H and O–H groups in total. The minimum Gasteiger partial charge on any atom is -0.122 e. The Morgan fingerprint density at radius 3 is 1.94 bits per heavy atom. The zero-order valence-electron chi connectivity index (χ0n) is 11.5. The Balaban J connectivity index is 2.04. The minimum atomic E-state index is 0.253. The van der Waals surface area contributed by atoms with Gasteiger partial charge in [-0.15, -0.1) is 11.6 Å². The van der Waals surface area contributed by atoms with Gasteiger partial charge in [-0.25, -0.2) is 0 Å². The second-order valence-electron chi connectivity index (χ2n) is 6.63. The summed E-state index contributed by atoms with van der Waals surface area (Å²) in [4.78, 5) is 0. The number of alkyl halides is 1. The summed E-state index contributed by atoms with van der Waals surface area (Å²) in [5.41, 5.74) is 3.43.